The molecule has 0 spiro atoms. The van der Waals surface area contributed by atoms with Gasteiger partial charge in [0.2, 0.25) is 0 Å². The average Bonchev–Trinajstić information content (AvgIpc) is 3.23. The van der Waals surface area contributed by atoms with Gasteiger partial charge in [-0.15, -0.1) is 0 Å². The maximum absolute atomic E-state index is 14.0. The van der Waals surface area contributed by atoms with E-state index in [4.69, 9.17) is 9.73 Å². The van der Waals surface area contributed by atoms with Crippen LogP contribution in [0.25, 0.3) is 16.8 Å². The first-order valence-electron chi connectivity index (χ1n) is 12.2. The highest BCUT2D eigenvalue weighted by Gasteiger charge is 2.36. The van der Waals surface area contributed by atoms with Crippen LogP contribution in [0.3, 0.4) is 0 Å². The third-order valence-corrected chi connectivity index (χ3v) is 7.40. The maximum atomic E-state index is 14.0. The summed E-state index contributed by atoms with van der Waals surface area (Å²) in [7, 11) is 1.66. The van der Waals surface area contributed by atoms with Crippen LogP contribution in [0.4, 0.5) is 11.4 Å². The zero-order valence-corrected chi connectivity index (χ0v) is 21.5. The van der Waals surface area contributed by atoms with E-state index in [2.05, 4.69) is 38.1 Å². The molecule has 0 radical (unpaired) electrons. The minimum absolute atomic E-state index is 0.0800. The van der Waals surface area contributed by atoms with E-state index in [1.165, 1.54) is 11.8 Å². The van der Waals surface area contributed by atoms with Gasteiger partial charge in [-0.1, -0.05) is 80.6 Å². The van der Waals surface area contributed by atoms with E-state index in [1.807, 2.05) is 66.7 Å². The number of nitrogens with zero attached hydrogens (tertiary/aromatic N) is 2. The van der Waals surface area contributed by atoms with Crippen molar-refractivity contribution in [3.63, 3.8) is 0 Å². The fourth-order valence-electron chi connectivity index (χ4n) is 4.54. The molecule has 4 aromatic carbocycles. The highest BCUT2D eigenvalue weighted by Crippen LogP contribution is 2.41. The van der Waals surface area contributed by atoms with E-state index in [0.717, 1.165) is 57.4 Å². The molecule has 0 aliphatic carbocycles. The number of rotatable bonds is 6. The molecular formula is C31H28N2O2S. The summed E-state index contributed by atoms with van der Waals surface area (Å²) in [4.78, 5) is 21.4. The average molecular weight is 493 g/mol. The summed E-state index contributed by atoms with van der Waals surface area (Å²) in [5.41, 5.74) is 4.91. The van der Waals surface area contributed by atoms with E-state index >= 15 is 0 Å². The normalized spacial score (nSPS) is 15.9. The molecule has 180 valence electrons. The Kier molecular flexibility index (Phi) is 6.92. The molecule has 0 aromatic heterocycles. The van der Waals surface area contributed by atoms with Crippen LogP contribution in [-0.2, 0) is 17.6 Å². The highest BCUT2D eigenvalue weighted by atomic mass is 32.2. The number of aliphatic imine (C=N–C) groups is 1. The lowest BCUT2D eigenvalue weighted by Gasteiger charge is -2.19. The summed E-state index contributed by atoms with van der Waals surface area (Å²) in [6.45, 7) is 4.22. The Morgan fingerprint density at radius 2 is 1.56 bits per heavy atom. The number of carbonyl (C=O) groups excluding carboxylic acids is 1. The third-order valence-electron chi connectivity index (χ3n) is 6.43. The number of methoxy groups -OCH3 is 1. The standard InChI is InChI=1S/C31H28N2O2S/c1-4-21-12-7-10-16-26(21)32-31-33(27-17-11-8-13-22(27)5-2)30(34)29(36-31)20-25-24-15-9-6-14-23(24)18-19-28(25)35-3/h6-20H,4-5H2,1-3H3/b29-20-,32-31?. The number of aryl methyl sites for hydroxylation is 2. The van der Waals surface area contributed by atoms with Gasteiger partial charge in [0.25, 0.3) is 5.91 Å². The summed E-state index contributed by atoms with van der Waals surface area (Å²) in [6.07, 6.45) is 3.64. The molecule has 1 aliphatic rings. The second-order valence-corrected chi connectivity index (χ2v) is 9.52. The van der Waals surface area contributed by atoms with Crippen LogP contribution in [0.15, 0.2) is 94.8 Å². The highest BCUT2D eigenvalue weighted by molar-refractivity contribution is 8.19. The molecule has 36 heavy (non-hydrogen) atoms. The van der Waals surface area contributed by atoms with Crippen molar-refractivity contribution in [1.82, 2.24) is 0 Å². The van der Waals surface area contributed by atoms with Gasteiger partial charge in [-0.3, -0.25) is 9.69 Å². The van der Waals surface area contributed by atoms with Gasteiger partial charge >= 0.3 is 0 Å². The Labute approximate surface area is 216 Å². The van der Waals surface area contributed by atoms with Crippen molar-refractivity contribution in [2.45, 2.75) is 26.7 Å². The van der Waals surface area contributed by atoms with Crippen molar-refractivity contribution in [1.29, 1.82) is 0 Å². The van der Waals surface area contributed by atoms with Gasteiger partial charge in [0, 0.05) is 5.56 Å². The number of benzene rings is 4. The molecule has 4 nitrogen and oxygen atoms in total. The third kappa shape index (κ3) is 4.42. The Morgan fingerprint density at radius 1 is 0.861 bits per heavy atom. The van der Waals surface area contributed by atoms with E-state index in [-0.39, 0.29) is 5.91 Å². The molecule has 0 N–H and O–H groups in total. The number of fused-ring (bicyclic) bond motifs is 1. The molecule has 5 rings (SSSR count). The molecular weight excluding hydrogens is 464 g/mol. The number of amidine groups is 1. The number of hydrogen-bond acceptors (Lipinski definition) is 4. The van der Waals surface area contributed by atoms with Crippen molar-refractivity contribution in [2.75, 3.05) is 12.0 Å². The number of hydrogen-bond donors (Lipinski definition) is 0. The zero-order valence-electron chi connectivity index (χ0n) is 20.7. The minimum atomic E-state index is -0.0800. The Hall–Kier alpha value is -3.83. The summed E-state index contributed by atoms with van der Waals surface area (Å²) in [5.74, 6) is 0.653. The summed E-state index contributed by atoms with van der Waals surface area (Å²) >= 11 is 1.41. The van der Waals surface area contributed by atoms with Crippen molar-refractivity contribution in [3.05, 3.63) is 107 Å². The van der Waals surface area contributed by atoms with Gasteiger partial charge < -0.3 is 4.74 Å². The SMILES string of the molecule is CCc1ccccc1N=C1S/C(=C\c2c(OC)ccc3ccccc23)C(=O)N1c1ccccc1CC. The lowest BCUT2D eigenvalue weighted by Crippen LogP contribution is -2.29. The molecule has 0 saturated carbocycles. The molecule has 1 aliphatic heterocycles. The van der Waals surface area contributed by atoms with Gasteiger partial charge in [0.05, 0.1) is 23.4 Å². The van der Waals surface area contributed by atoms with Crippen LogP contribution >= 0.6 is 11.8 Å². The van der Waals surface area contributed by atoms with Gasteiger partial charge in [-0.05, 0) is 70.8 Å². The van der Waals surface area contributed by atoms with E-state index in [9.17, 15) is 4.79 Å². The molecule has 1 saturated heterocycles. The number of carbonyl (C=O) groups is 1. The molecule has 4 aromatic rings. The Balaban J connectivity index is 1.69. The Bertz CT molecular complexity index is 1510. The van der Waals surface area contributed by atoms with Crippen molar-refractivity contribution in [3.8, 4) is 5.75 Å². The predicted molar refractivity (Wildman–Crippen MR) is 152 cm³/mol. The maximum Gasteiger partial charge on any atom is 0.271 e. The second kappa shape index (κ2) is 10.4. The molecule has 0 bridgehead atoms. The predicted octanol–water partition coefficient (Wildman–Crippen LogP) is 7.78. The van der Waals surface area contributed by atoms with E-state index < -0.39 is 0 Å². The first-order valence-corrected chi connectivity index (χ1v) is 13.0. The molecule has 0 unspecified atom stereocenters. The Morgan fingerprint density at radius 3 is 2.33 bits per heavy atom. The van der Waals surface area contributed by atoms with Crippen LogP contribution in [-0.4, -0.2) is 18.2 Å². The van der Waals surface area contributed by atoms with Crippen molar-refractivity contribution in [2.24, 2.45) is 4.99 Å². The van der Waals surface area contributed by atoms with E-state index in [1.54, 1.807) is 12.0 Å². The minimum Gasteiger partial charge on any atom is -0.496 e. The topological polar surface area (TPSA) is 41.9 Å². The number of ether oxygens (including phenoxy) is 1. The fraction of sp³-hybridized carbons (Fsp3) is 0.161. The monoisotopic (exact) mass is 492 g/mol. The summed E-state index contributed by atoms with van der Waals surface area (Å²) < 4.78 is 5.69. The number of thioether (sulfide) groups is 1. The van der Waals surface area contributed by atoms with E-state index in [0.29, 0.717) is 10.1 Å². The summed E-state index contributed by atoms with van der Waals surface area (Å²) in [5, 5.41) is 2.80. The first-order chi connectivity index (χ1) is 17.6. The molecule has 1 amide bonds. The first kappa shape index (κ1) is 23.9. The van der Waals surface area contributed by atoms with Gasteiger partial charge in [0.1, 0.15) is 5.75 Å². The molecule has 1 fully saturated rings. The molecule has 5 heteroatoms. The van der Waals surface area contributed by atoms with Gasteiger partial charge in [-0.25, -0.2) is 4.99 Å². The molecule has 1 heterocycles. The van der Waals surface area contributed by atoms with Crippen molar-refractivity contribution < 1.29 is 9.53 Å². The fourth-order valence-corrected chi connectivity index (χ4v) is 5.51. The van der Waals surface area contributed by atoms with Gasteiger partial charge in [-0.2, -0.15) is 0 Å². The lowest BCUT2D eigenvalue weighted by molar-refractivity contribution is -0.113. The smallest absolute Gasteiger partial charge is 0.271 e. The number of para-hydroxylation sites is 2. The largest absolute Gasteiger partial charge is 0.496 e. The second-order valence-electron chi connectivity index (χ2n) is 8.51. The van der Waals surface area contributed by atoms with Crippen LogP contribution in [0, 0.1) is 0 Å². The number of amides is 1. The molecule has 0 atom stereocenters. The van der Waals surface area contributed by atoms with Gasteiger partial charge in [0.15, 0.2) is 5.17 Å². The van der Waals surface area contributed by atoms with Crippen LogP contribution in [0.5, 0.6) is 5.75 Å². The van der Waals surface area contributed by atoms with Crippen molar-refractivity contribution >= 4 is 51.1 Å². The van der Waals surface area contributed by atoms with Crippen LogP contribution in [0.1, 0.15) is 30.5 Å². The zero-order chi connectivity index (χ0) is 25.1. The quantitative estimate of drug-likeness (QED) is 0.258. The lowest BCUT2D eigenvalue weighted by atomic mass is 10.0. The number of anilines is 1. The van der Waals surface area contributed by atoms with Crippen LogP contribution < -0.4 is 9.64 Å². The van der Waals surface area contributed by atoms with Crippen LogP contribution in [0.2, 0.25) is 0 Å². The summed E-state index contributed by atoms with van der Waals surface area (Å²) in [6, 6.07) is 28.3.